The number of isocyanates is 1. The van der Waals surface area contributed by atoms with E-state index in [-0.39, 0.29) is 11.2 Å². The maximum absolute atomic E-state index is 14.6. The number of hydrazone groups is 1. The smallest absolute Gasteiger partial charge is 0.241 e. The lowest BCUT2D eigenvalue weighted by molar-refractivity contribution is -0.119. The number of rotatable bonds is 9. The zero-order chi connectivity index (χ0) is 27.6. The lowest BCUT2D eigenvalue weighted by atomic mass is 9.50. The van der Waals surface area contributed by atoms with Crippen LogP contribution < -0.4 is 0 Å². The van der Waals surface area contributed by atoms with Crippen LogP contribution in [0.2, 0.25) is 16.6 Å². The summed E-state index contributed by atoms with van der Waals surface area (Å²) in [5.41, 5.74) is 1.82. The Bertz CT molecular complexity index is 1010. The molecule has 1 heterocycles. The Morgan fingerprint density at radius 3 is 1.86 bits per heavy atom. The maximum atomic E-state index is 14.6. The monoisotopic (exact) mass is 547 g/mol. The lowest BCUT2D eigenvalue weighted by Crippen LogP contribution is -2.61. The Kier molecular flexibility index (Phi) is 7.74. The first-order chi connectivity index (χ1) is 17.2. The molecule has 4 bridgehead atoms. The Morgan fingerprint density at radius 2 is 1.51 bits per heavy atom. The number of hydrogen-bond acceptors (Lipinski definition) is 6. The van der Waals surface area contributed by atoms with E-state index in [2.05, 4.69) is 51.0 Å². The SMILES string of the molecule is CCOP1(N=C=O)=C(C(=O)C(C)(C)C)N([Si](C(C)C)(C(C)C)C(C)C)N=C1C12CC3CC(CC(C3)C1)C2. The van der Waals surface area contributed by atoms with Crippen molar-refractivity contribution in [2.24, 2.45) is 38.4 Å². The van der Waals surface area contributed by atoms with Crippen molar-refractivity contribution in [3.8, 4) is 0 Å². The fourth-order valence-electron chi connectivity index (χ4n) is 9.31. The number of ketones is 1. The van der Waals surface area contributed by atoms with Crippen molar-refractivity contribution in [1.82, 2.24) is 4.67 Å². The Labute approximate surface area is 226 Å². The van der Waals surface area contributed by atoms with Crippen molar-refractivity contribution in [3.63, 3.8) is 0 Å². The van der Waals surface area contributed by atoms with Crippen LogP contribution in [0.1, 0.15) is 108 Å². The van der Waals surface area contributed by atoms with Crippen LogP contribution in [-0.4, -0.2) is 42.3 Å². The van der Waals surface area contributed by atoms with Crippen LogP contribution in [0, 0.1) is 28.6 Å². The standard InChI is InChI=1S/C29H50N3O3PSi/c1-11-35-36(30-18-33)26(25(34)28(8,9)10)32(37(19(2)3,20(4)5)21(6)7)31-27(36)29-15-22-12-23(16-29)14-24(13-22)17-29/h19-24H,11-17H2,1-10H3. The van der Waals surface area contributed by atoms with Crippen LogP contribution in [0.4, 0.5) is 0 Å². The molecule has 37 heavy (non-hydrogen) atoms. The molecule has 5 aliphatic rings. The predicted octanol–water partition coefficient (Wildman–Crippen LogP) is 7.97. The molecule has 4 fully saturated rings. The van der Waals surface area contributed by atoms with Gasteiger partial charge in [0.2, 0.25) is 6.08 Å². The second-order valence-corrected chi connectivity index (χ2v) is 22.5. The van der Waals surface area contributed by atoms with Crippen LogP contribution in [0.5, 0.6) is 0 Å². The topological polar surface area (TPSA) is 71.3 Å². The highest BCUT2D eigenvalue weighted by Crippen LogP contribution is 2.71. The van der Waals surface area contributed by atoms with E-state index in [4.69, 9.17) is 9.63 Å². The molecule has 208 valence electrons. The van der Waals surface area contributed by atoms with Gasteiger partial charge in [0.1, 0.15) is 10.9 Å². The number of nitrogens with zero attached hydrogens (tertiary/aromatic N) is 3. The van der Waals surface area contributed by atoms with Gasteiger partial charge in [-0.25, -0.2) is 4.79 Å². The second kappa shape index (κ2) is 9.88. The first-order valence-electron chi connectivity index (χ1n) is 14.6. The van der Waals surface area contributed by atoms with Crippen LogP contribution in [0.15, 0.2) is 9.86 Å². The number of carbonyl (C=O) groups excluding carboxylic acids is 2. The molecule has 0 radical (unpaired) electrons. The third-order valence-electron chi connectivity index (χ3n) is 10.0. The maximum Gasteiger partial charge on any atom is 0.241 e. The normalized spacial score (nSPS) is 33.5. The summed E-state index contributed by atoms with van der Waals surface area (Å²) in [6.45, 7) is 22.0. The third kappa shape index (κ3) is 4.31. The van der Waals surface area contributed by atoms with Gasteiger partial charge in [-0.15, -0.1) is 4.76 Å². The number of carbonyl (C=O) groups is 1. The third-order valence-corrected chi connectivity index (χ3v) is 19.9. The van der Waals surface area contributed by atoms with Crippen molar-refractivity contribution < 1.29 is 14.1 Å². The molecule has 8 heteroatoms. The van der Waals surface area contributed by atoms with Crippen molar-refractivity contribution in [3.05, 3.63) is 0 Å². The largest absolute Gasteiger partial charge is 0.335 e. The first-order valence-corrected chi connectivity index (χ1v) is 18.5. The molecule has 1 unspecified atom stereocenters. The lowest BCUT2D eigenvalue weighted by Gasteiger charge is -2.57. The molecule has 6 nitrogen and oxygen atoms in total. The summed E-state index contributed by atoms with van der Waals surface area (Å²) in [7, 11) is -5.62. The summed E-state index contributed by atoms with van der Waals surface area (Å²) < 4.78 is 13.5. The molecule has 0 N–H and O–H groups in total. The molecule has 0 saturated heterocycles. The molecule has 4 saturated carbocycles. The number of Topliss-reactive ketones (excluding diaryl/α,β-unsaturated/α-hetero) is 1. The van der Waals surface area contributed by atoms with Crippen molar-refractivity contribution in [2.75, 3.05) is 6.61 Å². The van der Waals surface area contributed by atoms with E-state index in [1.807, 2.05) is 33.8 Å². The number of hydrogen-bond donors (Lipinski definition) is 0. The minimum atomic E-state index is -3.16. The van der Waals surface area contributed by atoms with E-state index in [9.17, 15) is 9.59 Å². The highest BCUT2D eigenvalue weighted by atomic mass is 31.2. The summed E-state index contributed by atoms with van der Waals surface area (Å²) in [5.74, 6) is 2.14. The predicted molar refractivity (Wildman–Crippen MR) is 157 cm³/mol. The van der Waals surface area contributed by atoms with Gasteiger partial charge >= 0.3 is 0 Å². The van der Waals surface area contributed by atoms with E-state index in [1.165, 1.54) is 19.3 Å². The van der Waals surface area contributed by atoms with Crippen molar-refractivity contribution in [1.29, 1.82) is 0 Å². The van der Waals surface area contributed by atoms with Crippen LogP contribution in [0.25, 0.3) is 0 Å². The minimum absolute atomic E-state index is 0.0237. The highest BCUT2D eigenvalue weighted by Gasteiger charge is 2.63. The van der Waals surface area contributed by atoms with Crippen molar-refractivity contribution in [2.45, 2.75) is 124 Å². The van der Waals surface area contributed by atoms with E-state index >= 15 is 0 Å². The van der Waals surface area contributed by atoms with E-state index < -0.39 is 20.9 Å². The van der Waals surface area contributed by atoms with Gasteiger partial charge in [-0.3, -0.25) is 9.47 Å². The van der Waals surface area contributed by atoms with Gasteiger partial charge in [0.05, 0.1) is 6.61 Å². The zero-order valence-electron chi connectivity index (χ0n) is 24.9. The summed E-state index contributed by atoms with van der Waals surface area (Å²) in [5, 5.41) is 5.63. The van der Waals surface area contributed by atoms with Crippen LogP contribution in [0.3, 0.4) is 0 Å². The minimum Gasteiger partial charge on any atom is -0.335 e. The summed E-state index contributed by atoms with van der Waals surface area (Å²) in [6, 6.07) is 0. The fourth-order valence-corrected chi connectivity index (χ4v) is 19.7. The summed E-state index contributed by atoms with van der Waals surface area (Å²) >= 11 is 0. The van der Waals surface area contributed by atoms with Crippen LogP contribution >= 0.6 is 7.26 Å². The van der Waals surface area contributed by atoms with E-state index in [1.54, 1.807) is 0 Å². The molecule has 0 amide bonds. The summed E-state index contributed by atoms with van der Waals surface area (Å²) in [4.78, 5) is 26.8. The Balaban J connectivity index is 2.12. The Morgan fingerprint density at radius 1 is 1.05 bits per heavy atom. The van der Waals surface area contributed by atoms with Gasteiger partial charge in [0, 0.05) is 10.8 Å². The van der Waals surface area contributed by atoms with Gasteiger partial charge in [0.15, 0.2) is 21.3 Å². The molecular formula is C29H50N3O3PSi. The molecule has 0 spiro atoms. The average molecular weight is 548 g/mol. The molecule has 4 aliphatic carbocycles. The fraction of sp³-hybridized carbons (Fsp3) is 0.862. The molecule has 1 aliphatic heterocycles. The zero-order valence-corrected chi connectivity index (χ0v) is 26.8. The van der Waals surface area contributed by atoms with Crippen LogP contribution in [-0.2, 0) is 14.1 Å². The van der Waals surface area contributed by atoms with Gasteiger partial charge in [-0.1, -0.05) is 62.3 Å². The first kappa shape index (κ1) is 29.0. The quantitative estimate of drug-likeness (QED) is 0.127. The molecule has 0 aromatic heterocycles. The molecular weight excluding hydrogens is 497 g/mol. The molecule has 1 atom stereocenters. The van der Waals surface area contributed by atoms with E-state index in [0.717, 1.165) is 24.7 Å². The van der Waals surface area contributed by atoms with Gasteiger partial charge < -0.3 is 4.52 Å². The average Bonchev–Trinajstić information content (AvgIpc) is 3.07. The van der Waals surface area contributed by atoms with Crippen molar-refractivity contribution >= 4 is 38.2 Å². The second-order valence-electron chi connectivity index (χ2n) is 14.4. The molecule has 0 aromatic carbocycles. The Hall–Kier alpha value is -1.00. The van der Waals surface area contributed by atoms with Gasteiger partial charge in [-0.05, 0) is 79.8 Å². The molecule has 5 rings (SSSR count). The van der Waals surface area contributed by atoms with Gasteiger partial charge in [-0.2, -0.15) is 5.10 Å². The summed E-state index contributed by atoms with van der Waals surface area (Å²) in [6.07, 6.45) is 9.13. The highest BCUT2D eigenvalue weighted by molar-refractivity contribution is 7.88. The molecule has 0 aromatic rings. The van der Waals surface area contributed by atoms with E-state index in [0.29, 0.717) is 46.4 Å². The van der Waals surface area contributed by atoms with Gasteiger partial charge in [0.25, 0.3) is 0 Å².